The fourth-order valence-electron chi connectivity index (χ4n) is 1.85. The Morgan fingerprint density at radius 2 is 2.27 bits per heavy atom. The molecule has 2 heterocycles. The minimum Gasteiger partial charge on any atom is -0.496 e. The molecule has 22 heavy (non-hydrogen) atoms. The maximum Gasteiger partial charge on any atom is 0.260 e. The summed E-state index contributed by atoms with van der Waals surface area (Å²) in [4.78, 5) is 16.4. The second-order valence-electron chi connectivity index (χ2n) is 4.35. The number of nitrogens with zero attached hydrogens (tertiary/aromatic N) is 1. The van der Waals surface area contributed by atoms with E-state index in [4.69, 9.17) is 9.15 Å². The Balaban J connectivity index is 1.79. The second-order valence-corrected chi connectivity index (χ2v) is 6.07. The highest BCUT2D eigenvalue weighted by atomic mass is 79.9. The summed E-state index contributed by atoms with van der Waals surface area (Å²) in [6.07, 6.45) is 2.85. The number of ether oxygens (including phenoxy) is 1. The first-order valence-corrected chi connectivity index (χ1v) is 7.97. The molecular weight excluding hydrogens is 368 g/mol. The Morgan fingerprint density at radius 1 is 1.41 bits per heavy atom. The lowest BCUT2D eigenvalue weighted by Crippen LogP contribution is -2.10. The molecule has 2 aromatic heterocycles. The number of hydrogen-bond acceptors (Lipinski definition) is 5. The molecule has 0 spiro atoms. The molecule has 5 nitrogen and oxygen atoms in total. The lowest BCUT2D eigenvalue weighted by atomic mass is 10.2. The second kappa shape index (κ2) is 6.33. The molecule has 1 N–H and O–H groups in total. The van der Waals surface area contributed by atoms with Gasteiger partial charge in [0.2, 0.25) is 0 Å². The van der Waals surface area contributed by atoms with Gasteiger partial charge in [-0.25, -0.2) is 4.98 Å². The Hall–Kier alpha value is -2.12. The molecule has 0 bridgehead atoms. The van der Waals surface area contributed by atoms with Crippen molar-refractivity contribution in [2.24, 2.45) is 0 Å². The van der Waals surface area contributed by atoms with Gasteiger partial charge in [-0.15, -0.1) is 11.3 Å². The van der Waals surface area contributed by atoms with Crippen LogP contribution in [0.15, 0.2) is 51.1 Å². The monoisotopic (exact) mass is 378 g/mol. The van der Waals surface area contributed by atoms with Crippen molar-refractivity contribution in [2.75, 3.05) is 12.4 Å². The fourth-order valence-corrected chi connectivity index (χ4v) is 3.11. The Kier molecular flexibility index (Phi) is 4.26. The maximum absolute atomic E-state index is 11.9. The number of rotatable bonds is 4. The van der Waals surface area contributed by atoms with Crippen LogP contribution in [0.3, 0.4) is 0 Å². The highest BCUT2D eigenvalue weighted by Crippen LogP contribution is 2.32. The highest BCUT2D eigenvalue weighted by Gasteiger charge is 2.11. The van der Waals surface area contributed by atoms with E-state index >= 15 is 0 Å². The summed E-state index contributed by atoms with van der Waals surface area (Å²) in [5.74, 6) is 0.512. The summed E-state index contributed by atoms with van der Waals surface area (Å²) in [7, 11) is 1.62. The van der Waals surface area contributed by atoms with Gasteiger partial charge in [-0.05, 0) is 40.2 Å². The van der Waals surface area contributed by atoms with Gasteiger partial charge < -0.3 is 9.15 Å². The molecule has 0 fully saturated rings. The summed E-state index contributed by atoms with van der Waals surface area (Å²) in [5.41, 5.74) is 2.19. The third-order valence-electron chi connectivity index (χ3n) is 2.96. The Morgan fingerprint density at radius 3 is 2.95 bits per heavy atom. The molecule has 0 saturated heterocycles. The summed E-state index contributed by atoms with van der Waals surface area (Å²) in [5, 5.41) is 5.17. The first kappa shape index (κ1) is 14.8. The molecule has 0 saturated carbocycles. The molecule has 1 aromatic carbocycles. The molecule has 1 amide bonds. The molecule has 0 aliphatic heterocycles. The van der Waals surface area contributed by atoms with Crippen molar-refractivity contribution < 1.29 is 13.9 Å². The fraction of sp³-hybridized carbons (Fsp3) is 0.0667. The number of thiazole rings is 1. The third kappa shape index (κ3) is 3.05. The van der Waals surface area contributed by atoms with Gasteiger partial charge >= 0.3 is 0 Å². The van der Waals surface area contributed by atoms with E-state index in [-0.39, 0.29) is 5.91 Å². The molecule has 0 aliphatic rings. The van der Waals surface area contributed by atoms with Crippen molar-refractivity contribution >= 4 is 38.3 Å². The summed E-state index contributed by atoms with van der Waals surface area (Å²) in [6.45, 7) is 0. The number of halogens is 1. The van der Waals surface area contributed by atoms with Crippen LogP contribution in [0.2, 0.25) is 0 Å². The normalized spacial score (nSPS) is 10.5. The van der Waals surface area contributed by atoms with Crippen LogP contribution in [-0.4, -0.2) is 18.0 Å². The zero-order valence-electron chi connectivity index (χ0n) is 11.5. The molecule has 0 atom stereocenters. The largest absolute Gasteiger partial charge is 0.496 e. The molecular formula is C15H11BrN2O3S. The molecule has 112 valence electrons. The van der Waals surface area contributed by atoms with E-state index in [1.165, 1.54) is 23.9 Å². The molecule has 3 aromatic rings. The van der Waals surface area contributed by atoms with Gasteiger partial charge in [-0.3, -0.25) is 10.1 Å². The number of carbonyl (C=O) groups is 1. The van der Waals surface area contributed by atoms with E-state index in [0.717, 1.165) is 21.5 Å². The van der Waals surface area contributed by atoms with Crippen LogP contribution >= 0.6 is 27.3 Å². The SMILES string of the molecule is COc1ccc(-c2csc(NC(=O)c3ccoc3)n2)cc1Br. The van der Waals surface area contributed by atoms with E-state index in [1.807, 2.05) is 23.6 Å². The number of benzene rings is 1. The minimum atomic E-state index is -0.245. The number of furan rings is 1. The molecule has 0 radical (unpaired) electrons. The quantitative estimate of drug-likeness (QED) is 0.729. The zero-order chi connectivity index (χ0) is 15.5. The smallest absolute Gasteiger partial charge is 0.260 e. The molecule has 0 unspecified atom stereocenters. The van der Waals surface area contributed by atoms with Gasteiger partial charge in [0.25, 0.3) is 5.91 Å². The van der Waals surface area contributed by atoms with E-state index in [2.05, 4.69) is 26.2 Å². The first-order chi connectivity index (χ1) is 10.7. The Labute approximate surface area is 139 Å². The van der Waals surface area contributed by atoms with E-state index in [1.54, 1.807) is 13.2 Å². The van der Waals surface area contributed by atoms with E-state index in [9.17, 15) is 4.79 Å². The standard InChI is InChI=1S/C15H11BrN2O3S/c1-20-13-3-2-9(6-11(13)16)12-8-22-15(17-12)18-14(19)10-4-5-21-7-10/h2-8H,1H3,(H,17,18,19). The number of nitrogens with one attached hydrogen (secondary N) is 1. The minimum absolute atomic E-state index is 0.245. The average molecular weight is 379 g/mol. The van der Waals surface area contributed by atoms with Gasteiger partial charge in [0.15, 0.2) is 5.13 Å². The molecule has 7 heteroatoms. The predicted molar refractivity (Wildman–Crippen MR) is 88.5 cm³/mol. The average Bonchev–Trinajstić information content (AvgIpc) is 3.18. The van der Waals surface area contributed by atoms with Gasteiger partial charge in [0, 0.05) is 10.9 Å². The van der Waals surface area contributed by atoms with Gasteiger partial charge in [-0.1, -0.05) is 0 Å². The van der Waals surface area contributed by atoms with Crippen LogP contribution in [0, 0.1) is 0 Å². The van der Waals surface area contributed by atoms with Crippen molar-refractivity contribution in [2.45, 2.75) is 0 Å². The summed E-state index contributed by atoms with van der Waals surface area (Å²) >= 11 is 4.81. The van der Waals surface area contributed by atoms with Gasteiger partial charge in [0.05, 0.1) is 29.1 Å². The predicted octanol–water partition coefficient (Wildman–Crippen LogP) is 4.43. The lowest BCUT2D eigenvalue weighted by Gasteiger charge is -2.04. The lowest BCUT2D eigenvalue weighted by molar-refractivity contribution is 0.102. The van der Waals surface area contributed by atoms with Crippen molar-refractivity contribution in [3.63, 3.8) is 0 Å². The van der Waals surface area contributed by atoms with Crippen LogP contribution in [0.1, 0.15) is 10.4 Å². The third-order valence-corrected chi connectivity index (χ3v) is 4.33. The van der Waals surface area contributed by atoms with Crippen LogP contribution in [0.4, 0.5) is 5.13 Å². The summed E-state index contributed by atoms with van der Waals surface area (Å²) < 4.78 is 10.9. The number of anilines is 1. The number of hydrogen-bond donors (Lipinski definition) is 1. The molecule has 3 rings (SSSR count). The van der Waals surface area contributed by atoms with Crippen molar-refractivity contribution in [1.29, 1.82) is 0 Å². The molecule has 0 aliphatic carbocycles. The highest BCUT2D eigenvalue weighted by molar-refractivity contribution is 9.10. The summed E-state index contributed by atoms with van der Waals surface area (Å²) in [6, 6.07) is 7.31. The van der Waals surface area contributed by atoms with E-state index in [0.29, 0.717) is 10.7 Å². The van der Waals surface area contributed by atoms with Crippen molar-refractivity contribution in [1.82, 2.24) is 4.98 Å². The number of methoxy groups -OCH3 is 1. The van der Waals surface area contributed by atoms with Crippen LogP contribution in [0.5, 0.6) is 5.75 Å². The number of amides is 1. The van der Waals surface area contributed by atoms with Crippen molar-refractivity contribution in [3.8, 4) is 17.0 Å². The zero-order valence-corrected chi connectivity index (χ0v) is 13.9. The first-order valence-electron chi connectivity index (χ1n) is 6.30. The Bertz CT molecular complexity index is 799. The van der Waals surface area contributed by atoms with Crippen LogP contribution in [0.25, 0.3) is 11.3 Å². The van der Waals surface area contributed by atoms with Crippen molar-refractivity contribution in [3.05, 3.63) is 52.2 Å². The topological polar surface area (TPSA) is 64.4 Å². The maximum atomic E-state index is 11.9. The number of carbonyl (C=O) groups excluding carboxylic acids is 1. The van der Waals surface area contributed by atoms with Gasteiger partial charge in [-0.2, -0.15) is 0 Å². The van der Waals surface area contributed by atoms with Gasteiger partial charge in [0.1, 0.15) is 12.0 Å². The van der Waals surface area contributed by atoms with Crippen LogP contribution < -0.4 is 10.1 Å². The number of aromatic nitrogens is 1. The van der Waals surface area contributed by atoms with E-state index < -0.39 is 0 Å². The van der Waals surface area contributed by atoms with Crippen LogP contribution in [-0.2, 0) is 0 Å².